The molecule has 27 heavy (non-hydrogen) atoms. The van der Waals surface area contributed by atoms with E-state index in [1.165, 1.54) is 0 Å². The molecule has 2 aromatic heterocycles. The molecule has 1 aliphatic heterocycles. The van der Waals surface area contributed by atoms with Gasteiger partial charge in [0.05, 0.1) is 12.0 Å². The highest BCUT2D eigenvalue weighted by atomic mass is 16.5. The zero-order chi connectivity index (χ0) is 18.4. The number of fused-ring (bicyclic) bond motifs is 5. The molecular formula is C22H19N3O2. The van der Waals surface area contributed by atoms with Gasteiger partial charge in [-0.05, 0) is 12.1 Å². The Hall–Kier alpha value is -3.34. The van der Waals surface area contributed by atoms with Gasteiger partial charge in [-0.2, -0.15) is 0 Å². The minimum Gasteiger partial charge on any atom is -0.488 e. The molecule has 0 aliphatic carbocycles. The van der Waals surface area contributed by atoms with Crippen molar-refractivity contribution in [3.05, 3.63) is 60.2 Å². The van der Waals surface area contributed by atoms with E-state index in [-0.39, 0.29) is 0 Å². The van der Waals surface area contributed by atoms with Gasteiger partial charge < -0.3 is 14.1 Å². The standard InChI is InChI=1S/C22H19N3O2/c1-25(2)22-16-12-13-26-19-15-10-6-7-11-17(15)27-20(19)18(16)23-21(24-22)14-8-4-3-5-9-14/h3-11H,12-13H2,1-2H3. The molecule has 0 fully saturated rings. The van der Waals surface area contributed by atoms with Crippen LogP contribution in [0.2, 0.25) is 0 Å². The highest BCUT2D eigenvalue weighted by Gasteiger charge is 2.28. The minimum absolute atomic E-state index is 0.568. The van der Waals surface area contributed by atoms with Gasteiger partial charge in [-0.15, -0.1) is 0 Å². The van der Waals surface area contributed by atoms with Crippen LogP contribution in [0.25, 0.3) is 33.8 Å². The van der Waals surface area contributed by atoms with Crippen LogP contribution in [0, 0.1) is 0 Å². The monoisotopic (exact) mass is 357 g/mol. The lowest BCUT2D eigenvalue weighted by molar-refractivity contribution is 0.327. The zero-order valence-electron chi connectivity index (χ0n) is 15.3. The predicted molar refractivity (Wildman–Crippen MR) is 106 cm³/mol. The maximum atomic E-state index is 6.19. The summed E-state index contributed by atoms with van der Waals surface area (Å²) < 4.78 is 12.3. The summed E-state index contributed by atoms with van der Waals surface area (Å²) in [6.45, 7) is 0.568. The number of hydrogen-bond donors (Lipinski definition) is 0. The molecule has 0 atom stereocenters. The molecular weight excluding hydrogens is 338 g/mol. The fraction of sp³-hybridized carbons (Fsp3) is 0.182. The number of para-hydroxylation sites is 1. The van der Waals surface area contributed by atoms with Crippen LogP contribution in [0.15, 0.2) is 59.0 Å². The lowest BCUT2D eigenvalue weighted by Crippen LogP contribution is -2.16. The van der Waals surface area contributed by atoms with Crippen molar-refractivity contribution in [2.45, 2.75) is 6.42 Å². The van der Waals surface area contributed by atoms with Crippen LogP contribution < -0.4 is 9.64 Å². The van der Waals surface area contributed by atoms with E-state index in [1.54, 1.807) is 0 Å². The second kappa shape index (κ2) is 6.13. The molecule has 0 N–H and O–H groups in total. The van der Waals surface area contributed by atoms with Gasteiger partial charge in [-0.1, -0.05) is 42.5 Å². The molecule has 134 valence electrons. The first-order valence-corrected chi connectivity index (χ1v) is 9.01. The Morgan fingerprint density at radius 3 is 2.52 bits per heavy atom. The Morgan fingerprint density at radius 2 is 1.70 bits per heavy atom. The second-order valence-corrected chi connectivity index (χ2v) is 6.81. The normalized spacial score (nSPS) is 12.8. The largest absolute Gasteiger partial charge is 0.488 e. The van der Waals surface area contributed by atoms with Crippen molar-refractivity contribution in [1.29, 1.82) is 0 Å². The zero-order valence-corrected chi connectivity index (χ0v) is 15.3. The maximum absolute atomic E-state index is 6.19. The van der Waals surface area contributed by atoms with Crippen molar-refractivity contribution in [2.75, 3.05) is 25.6 Å². The van der Waals surface area contributed by atoms with Gasteiger partial charge in [0, 0.05) is 31.6 Å². The van der Waals surface area contributed by atoms with Gasteiger partial charge in [0.25, 0.3) is 0 Å². The van der Waals surface area contributed by atoms with Crippen LogP contribution in [-0.4, -0.2) is 30.7 Å². The molecule has 3 heterocycles. The van der Waals surface area contributed by atoms with Crippen LogP contribution >= 0.6 is 0 Å². The first-order chi connectivity index (χ1) is 13.2. The Morgan fingerprint density at radius 1 is 0.926 bits per heavy atom. The molecule has 5 nitrogen and oxygen atoms in total. The summed E-state index contributed by atoms with van der Waals surface area (Å²) in [5.74, 6) is 3.04. The SMILES string of the molecule is CN(C)c1nc(-c2ccccc2)nc2c1CCOc1c-2oc2ccccc12. The van der Waals surface area contributed by atoms with Crippen molar-refractivity contribution in [3.8, 4) is 28.6 Å². The number of ether oxygens (including phenoxy) is 1. The van der Waals surface area contributed by atoms with Gasteiger partial charge in [0.15, 0.2) is 17.3 Å². The van der Waals surface area contributed by atoms with Gasteiger partial charge in [-0.3, -0.25) is 0 Å². The molecule has 0 spiro atoms. The lowest BCUT2D eigenvalue weighted by Gasteiger charge is -2.18. The summed E-state index contributed by atoms with van der Waals surface area (Å²) in [6, 6.07) is 18.0. The van der Waals surface area contributed by atoms with E-state index in [0.717, 1.165) is 45.8 Å². The molecule has 1 aliphatic rings. The third kappa shape index (κ3) is 2.54. The summed E-state index contributed by atoms with van der Waals surface area (Å²) >= 11 is 0. The number of rotatable bonds is 2. The number of aromatic nitrogens is 2. The first kappa shape index (κ1) is 15.9. The van der Waals surface area contributed by atoms with Crippen LogP contribution in [0.3, 0.4) is 0 Å². The average molecular weight is 357 g/mol. The summed E-state index contributed by atoms with van der Waals surface area (Å²) in [7, 11) is 4.01. The number of anilines is 1. The number of benzene rings is 2. The van der Waals surface area contributed by atoms with Gasteiger partial charge >= 0.3 is 0 Å². The van der Waals surface area contributed by atoms with E-state index in [4.69, 9.17) is 19.1 Å². The minimum atomic E-state index is 0.568. The van der Waals surface area contributed by atoms with Crippen molar-refractivity contribution >= 4 is 16.8 Å². The van der Waals surface area contributed by atoms with Crippen molar-refractivity contribution in [1.82, 2.24) is 9.97 Å². The smallest absolute Gasteiger partial charge is 0.196 e. The van der Waals surface area contributed by atoms with Crippen molar-refractivity contribution in [2.24, 2.45) is 0 Å². The highest BCUT2D eigenvalue weighted by molar-refractivity contribution is 5.92. The highest BCUT2D eigenvalue weighted by Crippen LogP contribution is 2.44. The van der Waals surface area contributed by atoms with E-state index in [1.807, 2.05) is 73.6 Å². The second-order valence-electron chi connectivity index (χ2n) is 6.81. The quantitative estimate of drug-likeness (QED) is 0.526. The van der Waals surface area contributed by atoms with Crippen LogP contribution in [0.4, 0.5) is 5.82 Å². The van der Waals surface area contributed by atoms with Gasteiger partial charge in [0.1, 0.15) is 17.1 Å². The summed E-state index contributed by atoms with van der Waals surface area (Å²) in [5, 5.41) is 0.978. The molecule has 0 radical (unpaired) electrons. The average Bonchev–Trinajstić information content (AvgIpc) is 2.97. The summed E-state index contributed by atoms with van der Waals surface area (Å²) in [5.41, 5.74) is 3.65. The van der Waals surface area contributed by atoms with Gasteiger partial charge in [0.2, 0.25) is 0 Å². The molecule has 0 saturated heterocycles. The van der Waals surface area contributed by atoms with E-state index in [9.17, 15) is 0 Å². The number of nitrogens with zero attached hydrogens (tertiary/aromatic N) is 3. The summed E-state index contributed by atoms with van der Waals surface area (Å²) in [4.78, 5) is 11.8. The maximum Gasteiger partial charge on any atom is 0.196 e. The Bertz CT molecular complexity index is 1130. The fourth-order valence-corrected chi connectivity index (χ4v) is 3.55. The number of furan rings is 1. The first-order valence-electron chi connectivity index (χ1n) is 9.01. The van der Waals surface area contributed by atoms with Crippen molar-refractivity contribution in [3.63, 3.8) is 0 Å². The molecule has 2 aromatic carbocycles. The van der Waals surface area contributed by atoms with Gasteiger partial charge in [-0.25, -0.2) is 9.97 Å². The van der Waals surface area contributed by atoms with E-state index in [0.29, 0.717) is 18.2 Å². The van der Waals surface area contributed by atoms with E-state index < -0.39 is 0 Å². The van der Waals surface area contributed by atoms with Crippen LogP contribution in [0.5, 0.6) is 5.75 Å². The summed E-state index contributed by atoms with van der Waals surface area (Å²) in [6.07, 6.45) is 0.733. The van der Waals surface area contributed by atoms with E-state index >= 15 is 0 Å². The Labute approximate surface area is 157 Å². The molecule has 0 bridgehead atoms. The van der Waals surface area contributed by atoms with Crippen molar-refractivity contribution < 1.29 is 9.15 Å². The third-order valence-electron chi connectivity index (χ3n) is 4.80. The predicted octanol–water partition coefficient (Wildman–Crippen LogP) is 4.56. The molecule has 4 aromatic rings. The molecule has 5 rings (SSSR count). The Balaban J connectivity index is 1.82. The molecule has 5 heteroatoms. The fourth-order valence-electron chi connectivity index (χ4n) is 3.55. The lowest BCUT2D eigenvalue weighted by atomic mass is 10.1. The molecule has 0 saturated carbocycles. The molecule has 0 unspecified atom stereocenters. The number of hydrogen-bond acceptors (Lipinski definition) is 5. The molecule has 0 amide bonds. The van der Waals surface area contributed by atoms with Crippen LogP contribution in [0.1, 0.15) is 5.56 Å². The third-order valence-corrected chi connectivity index (χ3v) is 4.80. The topological polar surface area (TPSA) is 51.4 Å². The van der Waals surface area contributed by atoms with E-state index in [2.05, 4.69) is 0 Å². The van der Waals surface area contributed by atoms with Crippen LogP contribution in [-0.2, 0) is 6.42 Å². The Kier molecular flexibility index (Phi) is 3.60.